The van der Waals surface area contributed by atoms with E-state index in [2.05, 4.69) is 4.98 Å². The molecule has 0 aliphatic carbocycles. The summed E-state index contributed by atoms with van der Waals surface area (Å²) in [5.74, 6) is -0.296. The fourth-order valence-electron chi connectivity index (χ4n) is 2.77. The second kappa shape index (κ2) is 7.62. The summed E-state index contributed by atoms with van der Waals surface area (Å²) in [5.41, 5.74) is 1.84. The van der Waals surface area contributed by atoms with Gasteiger partial charge in [-0.1, -0.05) is 54.1 Å². The average Bonchev–Trinajstić information content (AvgIpc) is 2.67. The lowest BCUT2D eigenvalue weighted by atomic mass is 10.1. The summed E-state index contributed by atoms with van der Waals surface area (Å²) < 4.78 is 26.5. The van der Waals surface area contributed by atoms with Crippen LogP contribution in [-0.4, -0.2) is 19.2 Å². The number of Topliss-reactive ketones (excluding diaryl/α,β-unsaturated/α-hetero) is 1. The zero-order valence-corrected chi connectivity index (χ0v) is 15.2. The summed E-state index contributed by atoms with van der Waals surface area (Å²) in [7, 11) is -3.72. The van der Waals surface area contributed by atoms with Crippen molar-refractivity contribution in [2.75, 3.05) is 0 Å². The minimum Gasteiger partial charge on any atom is -0.292 e. The number of sulfone groups is 1. The van der Waals surface area contributed by atoms with Crippen molar-refractivity contribution >= 4 is 15.6 Å². The maximum absolute atomic E-state index is 13.2. The van der Waals surface area contributed by atoms with Gasteiger partial charge >= 0.3 is 0 Å². The molecule has 0 bridgehead atoms. The van der Waals surface area contributed by atoms with Crippen molar-refractivity contribution in [3.63, 3.8) is 0 Å². The summed E-state index contributed by atoms with van der Waals surface area (Å²) in [4.78, 5) is 16.9. The molecule has 0 amide bonds. The number of rotatable bonds is 6. The Labute approximate surface area is 153 Å². The van der Waals surface area contributed by atoms with E-state index >= 15 is 0 Å². The normalized spacial score (nSPS) is 12.5. The van der Waals surface area contributed by atoms with Gasteiger partial charge in [0, 0.05) is 12.6 Å². The van der Waals surface area contributed by atoms with E-state index in [4.69, 9.17) is 0 Å². The van der Waals surface area contributed by atoms with Crippen molar-refractivity contribution in [1.82, 2.24) is 4.98 Å². The Morgan fingerprint density at radius 2 is 1.58 bits per heavy atom. The number of carbonyl (C=O) groups is 1. The SMILES string of the molecule is Cc1ccc(S(=O)(=O)C(CC(=O)c2ccccn2)c2ccccc2)cc1. The van der Waals surface area contributed by atoms with Crippen LogP contribution in [0.2, 0.25) is 0 Å². The molecule has 0 radical (unpaired) electrons. The Morgan fingerprint density at radius 3 is 2.19 bits per heavy atom. The van der Waals surface area contributed by atoms with E-state index in [1.165, 1.54) is 6.20 Å². The molecule has 0 spiro atoms. The van der Waals surface area contributed by atoms with Crippen molar-refractivity contribution in [3.8, 4) is 0 Å². The molecule has 5 heteroatoms. The number of ketones is 1. The van der Waals surface area contributed by atoms with Gasteiger partial charge in [-0.3, -0.25) is 9.78 Å². The van der Waals surface area contributed by atoms with Gasteiger partial charge in [0.15, 0.2) is 15.6 Å². The lowest BCUT2D eigenvalue weighted by Gasteiger charge is -2.18. The Kier molecular flexibility index (Phi) is 5.28. The Balaban J connectivity index is 2.01. The minimum absolute atomic E-state index is 0.156. The maximum atomic E-state index is 13.2. The highest BCUT2D eigenvalue weighted by molar-refractivity contribution is 7.91. The minimum atomic E-state index is -3.72. The first kappa shape index (κ1) is 18.0. The van der Waals surface area contributed by atoms with Crippen LogP contribution in [0.5, 0.6) is 0 Å². The lowest BCUT2D eigenvalue weighted by Crippen LogP contribution is -2.18. The molecule has 0 N–H and O–H groups in total. The van der Waals surface area contributed by atoms with Gasteiger partial charge in [0.25, 0.3) is 0 Å². The van der Waals surface area contributed by atoms with E-state index in [0.29, 0.717) is 5.56 Å². The van der Waals surface area contributed by atoms with E-state index in [9.17, 15) is 13.2 Å². The predicted octanol–water partition coefficient (Wildman–Crippen LogP) is 4.18. The third kappa shape index (κ3) is 3.89. The number of pyridine rings is 1. The van der Waals surface area contributed by atoms with Crippen LogP contribution in [-0.2, 0) is 9.84 Å². The number of carbonyl (C=O) groups excluding carboxylic acids is 1. The third-order valence-electron chi connectivity index (χ3n) is 4.22. The molecule has 0 aliphatic heterocycles. The van der Waals surface area contributed by atoms with Crippen LogP contribution in [0.25, 0.3) is 0 Å². The molecule has 1 aromatic heterocycles. The Bertz CT molecular complexity index is 982. The van der Waals surface area contributed by atoms with Gasteiger partial charge in [0.05, 0.1) is 10.1 Å². The molecule has 1 atom stereocenters. The molecule has 2 aromatic carbocycles. The second-order valence-corrected chi connectivity index (χ2v) is 8.23. The van der Waals surface area contributed by atoms with E-state index in [0.717, 1.165) is 5.56 Å². The number of nitrogens with zero attached hydrogens (tertiary/aromatic N) is 1. The molecule has 132 valence electrons. The van der Waals surface area contributed by atoms with Gasteiger partial charge in [-0.25, -0.2) is 8.42 Å². The molecule has 1 heterocycles. The van der Waals surface area contributed by atoms with Crippen molar-refractivity contribution in [2.45, 2.75) is 23.5 Å². The molecule has 0 fully saturated rings. The third-order valence-corrected chi connectivity index (χ3v) is 6.33. The first-order chi connectivity index (χ1) is 12.5. The van der Waals surface area contributed by atoms with Crippen LogP contribution in [0, 0.1) is 6.92 Å². The highest BCUT2D eigenvalue weighted by Crippen LogP contribution is 2.32. The molecule has 26 heavy (non-hydrogen) atoms. The number of benzene rings is 2. The van der Waals surface area contributed by atoms with E-state index in [-0.39, 0.29) is 22.8 Å². The van der Waals surface area contributed by atoms with Crippen LogP contribution in [0.15, 0.2) is 83.9 Å². The van der Waals surface area contributed by atoms with E-state index in [1.807, 2.05) is 13.0 Å². The van der Waals surface area contributed by atoms with Crippen LogP contribution in [0.3, 0.4) is 0 Å². The molecule has 0 saturated carbocycles. The second-order valence-electron chi connectivity index (χ2n) is 6.10. The molecular formula is C21H19NO3S. The summed E-state index contributed by atoms with van der Waals surface area (Å²) in [5, 5.41) is -0.957. The van der Waals surface area contributed by atoms with Crippen molar-refractivity contribution in [1.29, 1.82) is 0 Å². The van der Waals surface area contributed by atoms with Gasteiger partial charge in [0.1, 0.15) is 5.69 Å². The van der Waals surface area contributed by atoms with Crippen LogP contribution in [0.1, 0.15) is 33.3 Å². The first-order valence-corrected chi connectivity index (χ1v) is 9.83. The first-order valence-electron chi connectivity index (χ1n) is 8.28. The van der Waals surface area contributed by atoms with Gasteiger partial charge in [-0.05, 0) is 36.8 Å². The van der Waals surface area contributed by atoms with Crippen molar-refractivity contribution in [3.05, 3.63) is 95.8 Å². The summed E-state index contributed by atoms with van der Waals surface area (Å²) >= 11 is 0. The zero-order valence-electron chi connectivity index (χ0n) is 14.4. The summed E-state index contributed by atoms with van der Waals surface area (Å²) in [6.45, 7) is 1.90. The fraction of sp³-hybridized carbons (Fsp3) is 0.143. The van der Waals surface area contributed by atoms with E-state index in [1.54, 1.807) is 66.7 Å². The molecular weight excluding hydrogens is 346 g/mol. The highest BCUT2D eigenvalue weighted by Gasteiger charge is 2.31. The van der Waals surface area contributed by atoms with Crippen molar-refractivity contribution in [2.24, 2.45) is 0 Å². The largest absolute Gasteiger partial charge is 0.292 e. The molecule has 3 rings (SSSR count). The average molecular weight is 365 g/mol. The standard InChI is InChI=1S/C21H19NO3S/c1-16-10-12-18(13-11-16)26(24,25)21(17-7-3-2-4-8-17)15-20(23)19-9-5-6-14-22-19/h2-14,21H,15H2,1H3. The smallest absolute Gasteiger partial charge is 0.185 e. The van der Waals surface area contributed by atoms with Crippen LogP contribution in [0.4, 0.5) is 0 Å². The number of hydrogen-bond acceptors (Lipinski definition) is 4. The molecule has 4 nitrogen and oxygen atoms in total. The number of aryl methyl sites for hydroxylation is 1. The zero-order chi connectivity index (χ0) is 18.6. The Morgan fingerprint density at radius 1 is 0.923 bits per heavy atom. The van der Waals surface area contributed by atoms with Crippen LogP contribution < -0.4 is 0 Å². The predicted molar refractivity (Wildman–Crippen MR) is 101 cm³/mol. The van der Waals surface area contributed by atoms with Gasteiger partial charge in [0.2, 0.25) is 0 Å². The van der Waals surface area contributed by atoms with Crippen molar-refractivity contribution < 1.29 is 13.2 Å². The quantitative estimate of drug-likeness (QED) is 0.615. The molecule has 1 unspecified atom stereocenters. The highest BCUT2D eigenvalue weighted by atomic mass is 32.2. The van der Waals surface area contributed by atoms with Gasteiger partial charge < -0.3 is 0 Å². The van der Waals surface area contributed by atoms with Gasteiger partial charge in [-0.2, -0.15) is 0 Å². The summed E-state index contributed by atoms with van der Waals surface area (Å²) in [6, 6.07) is 20.6. The number of hydrogen-bond donors (Lipinski definition) is 0. The Hall–Kier alpha value is -2.79. The van der Waals surface area contributed by atoms with Gasteiger partial charge in [-0.15, -0.1) is 0 Å². The lowest BCUT2D eigenvalue weighted by molar-refractivity contribution is 0.0976. The maximum Gasteiger partial charge on any atom is 0.185 e. The summed E-state index contributed by atoms with van der Waals surface area (Å²) in [6.07, 6.45) is 1.37. The monoisotopic (exact) mass is 365 g/mol. The molecule has 3 aromatic rings. The van der Waals surface area contributed by atoms with E-state index < -0.39 is 15.1 Å². The fourth-order valence-corrected chi connectivity index (χ4v) is 4.50. The topological polar surface area (TPSA) is 64.1 Å². The number of aromatic nitrogens is 1. The molecule has 0 aliphatic rings. The molecule has 0 saturated heterocycles. The van der Waals surface area contributed by atoms with Crippen LogP contribution >= 0.6 is 0 Å².